The molecule has 18 heavy (non-hydrogen) atoms. The highest BCUT2D eigenvalue weighted by atomic mass is 32.1. The van der Waals surface area contributed by atoms with Crippen LogP contribution in [0, 0.1) is 0 Å². The molecule has 1 N–H and O–H groups in total. The lowest BCUT2D eigenvalue weighted by molar-refractivity contribution is 0.413. The summed E-state index contributed by atoms with van der Waals surface area (Å²) in [7, 11) is 4.14. The third kappa shape index (κ3) is 3.47. The summed E-state index contributed by atoms with van der Waals surface area (Å²) in [5, 5.41) is 16.3. The largest absolute Gasteiger partial charge is 0.360 e. The third-order valence-corrected chi connectivity index (χ3v) is 4.11. The number of nitrogens with zero attached hydrogens (tertiary/aromatic N) is 4. The molecule has 0 saturated carbocycles. The zero-order chi connectivity index (χ0) is 13.0. The Hall–Kier alpha value is -1.05. The van der Waals surface area contributed by atoms with Gasteiger partial charge in [-0.15, -0.1) is 21.5 Å². The molecule has 0 radical (unpaired) electrons. The minimum Gasteiger partial charge on any atom is -0.360 e. The molecule has 5 nitrogen and oxygen atoms in total. The molecule has 0 saturated heterocycles. The van der Waals surface area contributed by atoms with Gasteiger partial charge in [-0.25, -0.2) is 4.98 Å². The van der Waals surface area contributed by atoms with Crippen molar-refractivity contribution in [3.05, 3.63) is 10.4 Å². The molecule has 0 unspecified atom stereocenters. The van der Waals surface area contributed by atoms with Crippen LogP contribution in [0.4, 0.5) is 5.13 Å². The van der Waals surface area contributed by atoms with Crippen molar-refractivity contribution in [2.24, 2.45) is 0 Å². The van der Waals surface area contributed by atoms with E-state index in [1.807, 2.05) is 6.92 Å². The number of hydrogen-bond donors (Lipinski definition) is 1. The van der Waals surface area contributed by atoms with Gasteiger partial charge in [0.05, 0.1) is 5.01 Å². The van der Waals surface area contributed by atoms with Gasteiger partial charge in [-0.3, -0.25) is 0 Å². The summed E-state index contributed by atoms with van der Waals surface area (Å²) in [4.78, 5) is 6.76. The van der Waals surface area contributed by atoms with Crippen molar-refractivity contribution in [1.82, 2.24) is 20.1 Å². The molecule has 0 atom stereocenters. The fraction of sp³-hybridized carbons (Fsp3) is 0.545. The minimum atomic E-state index is 0.857. The number of thiazole rings is 1. The molecule has 0 spiro atoms. The van der Waals surface area contributed by atoms with E-state index in [-0.39, 0.29) is 0 Å². The van der Waals surface area contributed by atoms with Crippen LogP contribution in [-0.2, 0) is 6.42 Å². The van der Waals surface area contributed by atoms with E-state index in [1.165, 1.54) is 0 Å². The van der Waals surface area contributed by atoms with Crippen molar-refractivity contribution in [3.8, 4) is 10.7 Å². The summed E-state index contributed by atoms with van der Waals surface area (Å²) in [6.45, 7) is 3.93. The number of anilines is 1. The molecular formula is C11H17N5S2. The van der Waals surface area contributed by atoms with Gasteiger partial charge in [-0.1, -0.05) is 11.3 Å². The van der Waals surface area contributed by atoms with Crippen molar-refractivity contribution in [1.29, 1.82) is 0 Å². The molecular weight excluding hydrogens is 266 g/mol. The number of nitrogens with one attached hydrogen (secondary N) is 1. The Bertz CT molecular complexity index is 491. The Labute approximate surface area is 115 Å². The fourth-order valence-electron chi connectivity index (χ4n) is 1.39. The summed E-state index contributed by atoms with van der Waals surface area (Å²) >= 11 is 3.24. The van der Waals surface area contributed by atoms with Gasteiger partial charge in [0.1, 0.15) is 5.69 Å². The molecule has 0 aliphatic rings. The van der Waals surface area contributed by atoms with E-state index in [0.717, 1.165) is 40.4 Å². The van der Waals surface area contributed by atoms with Gasteiger partial charge in [0.15, 0.2) is 5.01 Å². The van der Waals surface area contributed by atoms with E-state index < -0.39 is 0 Å². The standard InChI is InChI=1S/C11H17N5S2/c1-4-12-11-15-14-10(18-11)8-7-17-9(13-8)5-6-16(2)3/h7H,4-6H2,1-3H3,(H,12,15). The number of rotatable bonds is 6. The van der Waals surface area contributed by atoms with Gasteiger partial charge in [0.2, 0.25) is 5.13 Å². The predicted octanol–water partition coefficient (Wildman–Crippen LogP) is 2.20. The molecule has 0 aromatic carbocycles. The second-order valence-corrected chi connectivity index (χ2v) is 6.04. The van der Waals surface area contributed by atoms with Gasteiger partial charge in [0, 0.05) is 24.9 Å². The monoisotopic (exact) mass is 283 g/mol. The predicted molar refractivity (Wildman–Crippen MR) is 77.4 cm³/mol. The van der Waals surface area contributed by atoms with E-state index in [9.17, 15) is 0 Å². The second-order valence-electron chi connectivity index (χ2n) is 4.12. The lowest BCUT2D eigenvalue weighted by Crippen LogP contribution is -2.14. The lowest BCUT2D eigenvalue weighted by atomic mass is 10.4. The summed E-state index contributed by atoms with van der Waals surface area (Å²) in [6.07, 6.45) is 0.983. The van der Waals surface area contributed by atoms with Crippen LogP contribution in [0.1, 0.15) is 11.9 Å². The maximum Gasteiger partial charge on any atom is 0.206 e. The fourth-order valence-corrected chi connectivity index (χ4v) is 3.01. The van der Waals surface area contributed by atoms with Gasteiger partial charge in [-0.2, -0.15) is 0 Å². The maximum atomic E-state index is 4.60. The molecule has 0 fully saturated rings. The minimum absolute atomic E-state index is 0.857. The highest BCUT2D eigenvalue weighted by Crippen LogP contribution is 2.27. The van der Waals surface area contributed by atoms with Crippen LogP contribution >= 0.6 is 22.7 Å². The summed E-state index contributed by atoms with van der Waals surface area (Å²) in [5.41, 5.74) is 0.940. The molecule has 0 bridgehead atoms. The van der Waals surface area contributed by atoms with E-state index in [4.69, 9.17) is 0 Å². The first-order chi connectivity index (χ1) is 8.69. The average Bonchev–Trinajstić information content (AvgIpc) is 2.94. The Morgan fingerprint density at radius 3 is 2.89 bits per heavy atom. The molecule has 2 rings (SSSR count). The molecule has 2 heterocycles. The Kier molecular flexibility index (Phi) is 4.62. The van der Waals surface area contributed by atoms with Crippen LogP contribution in [0.15, 0.2) is 5.38 Å². The first-order valence-electron chi connectivity index (χ1n) is 5.86. The zero-order valence-corrected chi connectivity index (χ0v) is 12.4. The first-order valence-corrected chi connectivity index (χ1v) is 7.55. The van der Waals surface area contributed by atoms with Gasteiger partial charge >= 0.3 is 0 Å². The van der Waals surface area contributed by atoms with Gasteiger partial charge in [0.25, 0.3) is 0 Å². The zero-order valence-electron chi connectivity index (χ0n) is 10.8. The van der Waals surface area contributed by atoms with E-state index in [2.05, 4.69) is 44.9 Å². The summed E-state index contributed by atoms with van der Waals surface area (Å²) in [6, 6.07) is 0. The van der Waals surface area contributed by atoms with Crippen LogP contribution in [0.2, 0.25) is 0 Å². The van der Waals surface area contributed by atoms with E-state index in [0.29, 0.717) is 0 Å². The van der Waals surface area contributed by atoms with Crippen LogP contribution in [0.5, 0.6) is 0 Å². The molecule has 0 aliphatic carbocycles. The van der Waals surface area contributed by atoms with Gasteiger partial charge in [-0.05, 0) is 21.0 Å². The lowest BCUT2D eigenvalue weighted by Gasteiger charge is -2.06. The smallest absolute Gasteiger partial charge is 0.206 e. The normalized spacial score (nSPS) is 11.1. The molecule has 98 valence electrons. The maximum absolute atomic E-state index is 4.60. The van der Waals surface area contributed by atoms with Crippen LogP contribution in [0.25, 0.3) is 10.7 Å². The molecule has 2 aromatic rings. The number of hydrogen-bond acceptors (Lipinski definition) is 7. The van der Waals surface area contributed by atoms with Crippen molar-refractivity contribution >= 4 is 27.8 Å². The Morgan fingerprint density at radius 1 is 1.33 bits per heavy atom. The Balaban J connectivity index is 2.04. The first kappa shape index (κ1) is 13.4. The SMILES string of the molecule is CCNc1nnc(-c2csc(CCN(C)C)n2)s1. The quantitative estimate of drug-likeness (QED) is 0.881. The average molecular weight is 283 g/mol. The van der Waals surface area contributed by atoms with Gasteiger partial charge < -0.3 is 10.2 Å². The van der Waals surface area contributed by atoms with E-state index >= 15 is 0 Å². The molecule has 2 aromatic heterocycles. The molecule has 0 amide bonds. The van der Waals surface area contributed by atoms with Crippen molar-refractivity contribution in [2.45, 2.75) is 13.3 Å². The van der Waals surface area contributed by atoms with Crippen LogP contribution < -0.4 is 5.32 Å². The van der Waals surface area contributed by atoms with Crippen LogP contribution in [-0.4, -0.2) is 47.3 Å². The van der Waals surface area contributed by atoms with E-state index in [1.54, 1.807) is 22.7 Å². The molecule has 0 aliphatic heterocycles. The van der Waals surface area contributed by atoms with Crippen molar-refractivity contribution in [3.63, 3.8) is 0 Å². The highest BCUT2D eigenvalue weighted by molar-refractivity contribution is 7.18. The summed E-state index contributed by atoms with van der Waals surface area (Å²) in [5.74, 6) is 0. The third-order valence-electron chi connectivity index (χ3n) is 2.30. The highest BCUT2D eigenvalue weighted by Gasteiger charge is 2.10. The van der Waals surface area contributed by atoms with Crippen molar-refractivity contribution < 1.29 is 0 Å². The number of likely N-dealkylation sites (N-methyl/N-ethyl adjacent to an activating group) is 1. The topological polar surface area (TPSA) is 53.9 Å². The van der Waals surface area contributed by atoms with Crippen LogP contribution in [0.3, 0.4) is 0 Å². The summed E-state index contributed by atoms with van der Waals surface area (Å²) < 4.78 is 0. The second kappa shape index (κ2) is 6.21. The molecule has 7 heteroatoms. The Morgan fingerprint density at radius 2 is 2.17 bits per heavy atom. The van der Waals surface area contributed by atoms with Crippen molar-refractivity contribution in [2.75, 3.05) is 32.5 Å². The number of aromatic nitrogens is 3.